The first-order chi connectivity index (χ1) is 17.2. The zero-order valence-corrected chi connectivity index (χ0v) is 23.4. The maximum atomic E-state index is 13.5. The molecule has 3 amide bonds. The number of carbonyl (C=O) groups excluding carboxylic acids is 3. The van der Waals surface area contributed by atoms with E-state index < -0.39 is 46.3 Å². The Balaban J connectivity index is 2.65. The molecule has 0 fully saturated rings. The number of hydrogen-bond donors (Lipinski definition) is 1. The average Bonchev–Trinajstić information content (AvgIpc) is 3.14. The lowest BCUT2D eigenvalue weighted by atomic mass is 10.1. The maximum Gasteiger partial charge on any atom is 0.423 e. The molecule has 0 saturated carbocycles. The van der Waals surface area contributed by atoms with E-state index in [1.165, 1.54) is 31.5 Å². The summed E-state index contributed by atoms with van der Waals surface area (Å²) in [6.45, 7) is 14.6. The molecule has 1 aliphatic rings. The van der Waals surface area contributed by atoms with Crippen molar-refractivity contribution in [3.8, 4) is 5.75 Å². The highest BCUT2D eigenvalue weighted by molar-refractivity contribution is 5.91. The molecule has 1 atom stereocenters. The van der Waals surface area contributed by atoms with Crippen LogP contribution in [-0.2, 0) is 14.2 Å². The summed E-state index contributed by atoms with van der Waals surface area (Å²) in [6, 6.07) is 4.07. The molecule has 1 N–H and O–H groups in total. The normalized spacial score (nSPS) is 15.7. The van der Waals surface area contributed by atoms with Gasteiger partial charge in [0.15, 0.2) is 5.75 Å². The van der Waals surface area contributed by atoms with E-state index in [2.05, 4.69) is 5.32 Å². The number of nitrogens with zero attached hydrogens (tertiary/aromatic N) is 3. The van der Waals surface area contributed by atoms with Crippen LogP contribution in [0, 0.1) is 10.1 Å². The first-order valence-corrected chi connectivity index (χ1v) is 11.8. The van der Waals surface area contributed by atoms with Gasteiger partial charge in [0, 0.05) is 17.8 Å². The van der Waals surface area contributed by atoms with Gasteiger partial charge in [-0.2, -0.15) is 4.90 Å². The Bertz CT molecular complexity index is 1100. The second-order valence-electron chi connectivity index (χ2n) is 11.4. The topological polar surface area (TPSA) is 150 Å². The minimum absolute atomic E-state index is 0.00908. The van der Waals surface area contributed by atoms with Gasteiger partial charge in [0.2, 0.25) is 6.29 Å². The predicted octanol–water partition coefficient (Wildman–Crippen LogP) is 5.20. The number of rotatable bonds is 4. The molecule has 1 aromatic carbocycles. The summed E-state index contributed by atoms with van der Waals surface area (Å²) in [5.74, 6) is 0.00908. The number of ether oxygens (including phenoxy) is 4. The number of benzene rings is 1. The van der Waals surface area contributed by atoms with Gasteiger partial charge in [0.05, 0.1) is 17.7 Å². The van der Waals surface area contributed by atoms with E-state index in [0.717, 1.165) is 4.90 Å². The van der Waals surface area contributed by atoms with Crippen LogP contribution in [0.4, 0.5) is 20.1 Å². The minimum Gasteiger partial charge on any atom is -0.490 e. The highest BCUT2D eigenvalue weighted by Gasteiger charge is 2.46. The fraction of sp³-hybridized carbons (Fsp3) is 0.560. The van der Waals surface area contributed by atoms with Crippen LogP contribution in [0.25, 0.3) is 5.70 Å². The number of imide groups is 1. The summed E-state index contributed by atoms with van der Waals surface area (Å²) >= 11 is 0. The standard InChI is InChI=1S/C25H36N4O9/c1-23(2,3)36-20(30)27-17(15-11-12-18(35-10)16(13-15)29(33)34)14-26-19(27)28(21(31)37-24(4,5)6)22(32)38-25(7,8)9/h11-14,19,26H,1-10H3. The average molecular weight is 537 g/mol. The van der Waals surface area contributed by atoms with Crippen LogP contribution in [-0.4, -0.2) is 63.2 Å². The van der Waals surface area contributed by atoms with E-state index >= 15 is 0 Å². The van der Waals surface area contributed by atoms with Crippen molar-refractivity contribution in [2.75, 3.05) is 7.11 Å². The van der Waals surface area contributed by atoms with E-state index in [0.29, 0.717) is 4.90 Å². The zero-order chi connectivity index (χ0) is 29.2. The van der Waals surface area contributed by atoms with E-state index in [1.54, 1.807) is 62.3 Å². The van der Waals surface area contributed by atoms with Gasteiger partial charge in [-0.3, -0.25) is 10.1 Å². The maximum absolute atomic E-state index is 13.5. The molecule has 0 aromatic heterocycles. The van der Waals surface area contributed by atoms with Gasteiger partial charge in [0.25, 0.3) is 0 Å². The van der Waals surface area contributed by atoms with E-state index in [9.17, 15) is 24.5 Å². The molecule has 0 saturated heterocycles. The van der Waals surface area contributed by atoms with Gasteiger partial charge in [-0.05, 0) is 74.4 Å². The van der Waals surface area contributed by atoms with Crippen molar-refractivity contribution in [3.05, 3.63) is 40.1 Å². The number of nitrogens with one attached hydrogen (secondary N) is 1. The molecule has 0 radical (unpaired) electrons. The smallest absolute Gasteiger partial charge is 0.423 e. The Morgan fingerprint density at radius 2 is 1.42 bits per heavy atom. The molecule has 1 aliphatic heterocycles. The summed E-state index contributed by atoms with van der Waals surface area (Å²) in [7, 11) is 1.29. The molecule has 0 aliphatic carbocycles. The van der Waals surface area contributed by atoms with Crippen LogP contribution in [0.15, 0.2) is 24.4 Å². The Hall–Kier alpha value is -4.03. The molecule has 210 valence electrons. The summed E-state index contributed by atoms with van der Waals surface area (Å²) < 4.78 is 21.5. The Morgan fingerprint density at radius 3 is 1.84 bits per heavy atom. The van der Waals surface area contributed by atoms with Gasteiger partial charge in [-0.1, -0.05) is 0 Å². The number of nitro groups is 1. The number of amides is 3. The van der Waals surface area contributed by atoms with Crippen molar-refractivity contribution in [2.24, 2.45) is 0 Å². The fourth-order valence-corrected chi connectivity index (χ4v) is 3.24. The fourth-order valence-electron chi connectivity index (χ4n) is 3.24. The highest BCUT2D eigenvalue weighted by atomic mass is 16.6. The lowest BCUT2D eigenvalue weighted by molar-refractivity contribution is -0.385. The summed E-state index contributed by atoms with van der Waals surface area (Å²) in [6.07, 6.45) is -3.26. The van der Waals surface area contributed by atoms with Gasteiger partial charge in [-0.25, -0.2) is 19.3 Å². The third-order valence-corrected chi connectivity index (χ3v) is 4.56. The van der Waals surface area contributed by atoms with Crippen molar-refractivity contribution >= 4 is 29.7 Å². The third-order valence-electron chi connectivity index (χ3n) is 4.56. The van der Waals surface area contributed by atoms with Gasteiger partial charge < -0.3 is 24.3 Å². The lowest BCUT2D eigenvalue weighted by Crippen LogP contribution is -2.59. The van der Waals surface area contributed by atoms with Crippen molar-refractivity contribution < 1.29 is 38.3 Å². The van der Waals surface area contributed by atoms with Gasteiger partial charge in [0.1, 0.15) is 16.8 Å². The predicted molar refractivity (Wildman–Crippen MR) is 137 cm³/mol. The van der Waals surface area contributed by atoms with Crippen LogP contribution in [0.2, 0.25) is 0 Å². The van der Waals surface area contributed by atoms with Crippen molar-refractivity contribution in [3.63, 3.8) is 0 Å². The highest BCUT2D eigenvalue weighted by Crippen LogP contribution is 2.35. The van der Waals surface area contributed by atoms with Gasteiger partial charge >= 0.3 is 24.0 Å². The Labute approximate surface area is 221 Å². The first-order valence-electron chi connectivity index (χ1n) is 11.8. The molecule has 2 rings (SSSR count). The van der Waals surface area contributed by atoms with Crippen molar-refractivity contribution in [1.82, 2.24) is 15.1 Å². The minimum atomic E-state index is -1.48. The number of carbonyl (C=O) groups is 3. The molecule has 0 bridgehead atoms. The van der Waals surface area contributed by atoms with E-state index in [1.807, 2.05) is 0 Å². The molecule has 0 spiro atoms. The molecule has 1 aromatic rings. The van der Waals surface area contributed by atoms with E-state index in [-0.39, 0.29) is 22.7 Å². The SMILES string of the molecule is COc1ccc(C2=CNC(N(C(=O)OC(C)(C)C)C(=O)OC(C)(C)C)N2C(=O)OC(C)(C)C)cc1[N+](=O)[O-]. The Morgan fingerprint density at radius 1 is 0.921 bits per heavy atom. The second kappa shape index (κ2) is 10.8. The van der Waals surface area contributed by atoms with Crippen molar-refractivity contribution in [1.29, 1.82) is 0 Å². The summed E-state index contributed by atoms with van der Waals surface area (Å²) in [4.78, 5) is 52.5. The monoisotopic (exact) mass is 536 g/mol. The number of methoxy groups -OCH3 is 1. The van der Waals surface area contributed by atoms with Gasteiger partial charge in [-0.15, -0.1) is 0 Å². The quantitative estimate of drug-likeness (QED) is 0.309. The lowest BCUT2D eigenvalue weighted by Gasteiger charge is -2.36. The number of hydrogen-bond acceptors (Lipinski definition) is 10. The molecule has 1 unspecified atom stereocenters. The second-order valence-corrected chi connectivity index (χ2v) is 11.4. The molecule has 13 nitrogen and oxygen atoms in total. The van der Waals surface area contributed by atoms with Crippen LogP contribution < -0.4 is 10.1 Å². The first kappa shape index (κ1) is 30.2. The largest absolute Gasteiger partial charge is 0.490 e. The summed E-state index contributed by atoms with van der Waals surface area (Å²) in [5.41, 5.74) is -2.98. The van der Waals surface area contributed by atoms with Crippen LogP contribution >= 0.6 is 0 Å². The molecule has 13 heteroatoms. The summed E-state index contributed by atoms with van der Waals surface area (Å²) in [5, 5.41) is 14.4. The van der Waals surface area contributed by atoms with Crippen LogP contribution in [0.1, 0.15) is 67.9 Å². The van der Waals surface area contributed by atoms with Crippen LogP contribution in [0.5, 0.6) is 5.75 Å². The molecule has 1 heterocycles. The van der Waals surface area contributed by atoms with Crippen LogP contribution in [0.3, 0.4) is 0 Å². The molecular weight excluding hydrogens is 500 g/mol. The van der Waals surface area contributed by atoms with E-state index in [4.69, 9.17) is 18.9 Å². The molecule has 38 heavy (non-hydrogen) atoms. The zero-order valence-electron chi connectivity index (χ0n) is 23.4. The third kappa shape index (κ3) is 7.73. The Kier molecular flexibility index (Phi) is 8.55. The molecular formula is C25H36N4O9. The number of nitro benzene ring substituents is 1. The van der Waals surface area contributed by atoms with Crippen molar-refractivity contribution in [2.45, 2.75) is 85.4 Å².